The lowest BCUT2D eigenvalue weighted by Crippen LogP contribution is -2.38. The summed E-state index contributed by atoms with van der Waals surface area (Å²) in [6, 6.07) is 14.5. The number of para-hydroxylation sites is 1. The van der Waals surface area contributed by atoms with Gasteiger partial charge in [0, 0.05) is 18.7 Å². The van der Waals surface area contributed by atoms with Gasteiger partial charge in [-0.05, 0) is 35.7 Å². The minimum atomic E-state index is 0.0907. The van der Waals surface area contributed by atoms with Gasteiger partial charge < -0.3 is 14.6 Å². The number of rotatable bonds is 5. The van der Waals surface area contributed by atoms with E-state index in [9.17, 15) is 5.11 Å². The molecule has 1 aliphatic heterocycles. The summed E-state index contributed by atoms with van der Waals surface area (Å²) in [7, 11) is 3.40. The minimum absolute atomic E-state index is 0.0907. The van der Waals surface area contributed by atoms with Crippen LogP contribution in [0.5, 0.6) is 11.5 Å². The maximum absolute atomic E-state index is 9.45. The average Bonchev–Trinajstić information content (AvgIpc) is 2.61. The van der Waals surface area contributed by atoms with E-state index in [1.54, 1.807) is 14.2 Å². The van der Waals surface area contributed by atoms with Crippen molar-refractivity contribution in [3.8, 4) is 11.5 Å². The van der Waals surface area contributed by atoms with Gasteiger partial charge in [-0.25, -0.2) is 0 Å². The fourth-order valence-corrected chi connectivity index (χ4v) is 3.41. The van der Waals surface area contributed by atoms with E-state index in [0.29, 0.717) is 6.54 Å². The molecule has 122 valence electrons. The molecule has 2 aromatic carbocycles. The van der Waals surface area contributed by atoms with Gasteiger partial charge in [-0.15, -0.1) is 0 Å². The number of hydrogen-bond donors (Lipinski definition) is 1. The van der Waals surface area contributed by atoms with Gasteiger partial charge in [0.1, 0.15) is 11.5 Å². The molecule has 4 heteroatoms. The SMILES string of the molecule is COc1ccc2c(c1)CCN(CCO)[C@H]2c1ccccc1OC. The minimum Gasteiger partial charge on any atom is -0.497 e. The van der Waals surface area contributed by atoms with Gasteiger partial charge in [0.05, 0.1) is 26.9 Å². The monoisotopic (exact) mass is 313 g/mol. The molecule has 1 aliphatic rings. The van der Waals surface area contributed by atoms with Gasteiger partial charge in [-0.1, -0.05) is 24.3 Å². The van der Waals surface area contributed by atoms with Gasteiger partial charge in [0.2, 0.25) is 0 Å². The highest BCUT2D eigenvalue weighted by atomic mass is 16.5. The molecule has 0 amide bonds. The van der Waals surface area contributed by atoms with Crippen LogP contribution in [-0.2, 0) is 6.42 Å². The van der Waals surface area contributed by atoms with Crippen LogP contribution in [-0.4, -0.2) is 43.9 Å². The zero-order valence-corrected chi connectivity index (χ0v) is 13.7. The second-order valence-corrected chi connectivity index (χ2v) is 5.72. The number of nitrogens with zero attached hydrogens (tertiary/aromatic N) is 1. The van der Waals surface area contributed by atoms with E-state index in [-0.39, 0.29) is 12.6 Å². The molecule has 0 aliphatic carbocycles. The van der Waals surface area contributed by atoms with Crippen LogP contribution in [0.3, 0.4) is 0 Å². The Balaban J connectivity index is 2.10. The van der Waals surface area contributed by atoms with Crippen molar-refractivity contribution >= 4 is 0 Å². The molecule has 3 rings (SSSR count). The first-order valence-corrected chi connectivity index (χ1v) is 7.93. The summed E-state index contributed by atoms with van der Waals surface area (Å²) in [6.07, 6.45) is 0.957. The highest BCUT2D eigenvalue weighted by Crippen LogP contribution is 2.39. The third kappa shape index (κ3) is 3.05. The van der Waals surface area contributed by atoms with E-state index in [2.05, 4.69) is 23.1 Å². The van der Waals surface area contributed by atoms with Crippen LogP contribution in [0.4, 0.5) is 0 Å². The standard InChI is InChI=1S/C19H23NO3/c1-22-15-7-8-16-14(13-15)9-10-20(11-12-21)19(16)17-5-3-4-6-18(17)23-2/h3-8,13,19,21H,9-12H2,1-2H3/t19-/m1/s1. The van der Waals surface area contributed by atoms with Crippen molar-refractivity contribution in [2.45, 2.75) is 12.5 Å². The topological polar surface area (TPSA) is 41.9 Å². The van der Waals surface area contributed by atoms with Crippen molar-refractivity contribution in [2.75, 3.05) is 33.9 Å². The predicted molar refractivity (Wildman–Crippen MR) is 90.2 cm³/mol. The predicted octanol–water partition coefficient (Wildman–Crippen LogP) is 2.64. The molecular weight excluding hydrogens is 290 g/mol. The highest BCUT2D eigenvalue weighted by molar-refractivity contribution is 5.47. The summed E-state index contributed by atoms with van der Waals surface area (Å²) in [6.45, 7) is 1.70. The molecule has 0 saturated heterocycles. The Morgan fingerprint density at radius 2 is 1.91 bits per heavy atom. The summed E-state index contributed by atoms with van der Waals surface area (Å²) in [5.74, 6) is 1.77. The van der Waals surface area contributed by atoms with Crippen molar-refractivity contribution in [3.63, 3.8) is 0 Å². The second-order valence-electron chi connectivity index (χ2n) is 5.72. The lowest BCUT2D eigenvalue weighted by atomic mass is 9.87. The molecule has 4 nitrogen and oxygen atoms in total. The molecule has 23 heavy (non-hydrogen) atoms. The molecule has 0 unspecified atom stereocenters. The number of ether oxygens (including phenoxy) is 2. The first-order valence-electron chi connectivity index (χ1n) is 7.93. The van der Waals surface area contributed by atoms with Crippen molar-refractivity contribution in [2.24, 2.45) is 0 Å². The van der Waals surface area contributed by atoms with Crippen molar-refractivity contribution in [3.05, 3.63) is 59.2 Å². The summed E-state index contributed by atoms with van der Waals surface area (Å²) in [5.41, 5.74) is 3.69. The molecule has 1 heterocycles. The average molecular weight is 313 g/mol. The van der Waals surface area contributed by atoms with Crippen LogP contribution in [0, 0.1) is 0 Å². The van der Waals surface area contributed by atoms with E-state index < -0.39 is 0 Å². The van der Waals surface area contributed by atoms with Crippen LogP contribution in [0.25, 0.3) is 0 Å². The Labute approximate surface area is 137 Å². The normalized spacial score (nSPS) is 17.6. The molecule has 2 aromatic rings. The van der Waals surface area contributed by atoms with Gasteiger partial charge in [-0.2, -0.15) is 0 Å². The van der Waals surface area contributed by atoms with Crippen LogP contribution >= 0.6 is 0 Å². The fraction of sp³-hybridized carbons (Fsp3) is 0.368. The van der Waals surface area contributed by atoms with Gasteiger partial charge >= 0.3 is 0 Å². The quantitative estimate of drug-likeness (QED) is 0.921. The van der Waals surface area contributed by atoms with Crippen LogP contribution in [0.15, 0.2) is 42.5 Å². The molecular formula is C19H23NO3. The van der Waals surface area contributed by atoms with Gasteiger partial charge in [0.25, 0.3) is 0 Å². The first kappa shape index (κ1) is 15.8. The molecule has 0 bridgehead atoms. The van der Waals surface area contributed by atoms with E-state index in [0.717, 1.165) is 30.0 Å². The molecule has 0 fully saturated rings. The van der Waals surface area contributed by atoms with E-state index >= 15 is 0 Å². The van der Waals surface area contributed by atoms with Crippen LogP contribution in [0.2, 0.25) is 0 Å². The molecule has 1 N–H and O–H groups in total. The number of β-amino-alcohol motifs (C(OH)–C–C–N with tert-alkyl or cyclic N) is 1. The number of hydrogen-bond acceptors (Lipinski definition) is 4. The maximum atomic E-state index is 9.45. The highest BCUT2D eigenvalue weighted by Gasteiger charge is 2.30. The summed E-state index contributed by atoms with van der Waals surface area (Å²) < 4.78 is 10.9. The lowest BCUT2D eigenvalue weighted by molar-refractivity contribution is 0.158. The fourth-order valence-electron chi connectivity index (χ4n) is 3.41. The first-order chi connectivity index (χ1) is 11.3. The third-order valence-electron chi connectivity index (χ3n) is 4.50. The Morgan fingerprint density at radius 3 is 2.65 bits per heavy atom. The smallest absolute Gasteiger partial charge is 0.123 e. The van der Waals surface area contributed by atoms with Crippen molar-refractivity contribution in [1.29, 1.82) is 0 Å². The van der Waals surface area contributed by atoms with Crippen LogP contribution in [0.1, 0.15) is 22.7 Å². The third-order valence-corrected chi connectivity index (χ3v) is 4.50. The number of benzene rings is 2. The second kappa shape index (κ2) is 7.02. The lowest BCUT2D eigenvalue weighted by Gasteiger charge is -2.38. The number of aliphatic hydroxyl groups excluding tert-OH is 1. The number of methoxy groups -OCH3 is 2. The summed E-state index contributed by atoms with van der Waals surface area (Å²) >= 11 is 0. The maximum Gasteiger partial charge on any atom is 0.123 e. The summed E-state index contributed by atoms with van der Waals surface area (Å²) in [5, 5.41) is 9.45. The molecule has 0 radical (unpaired) electrons. The number of fused-ring (bicyclic) bond motifs is 1. The number of aliphatic hydroxyl groups is 1. The van der Waals surface area contributed by atoms with E-state index in [1.807, 2.05) is 24.3 Å². The largest absolute Gasteiger partial charge is 0.497 e. The van der Waals surface area contributed by atoms with Crippen molar-refractivity contribution < 1.29 is 14.6 Å². The van der Waals surface area contributed by atoms with Gasteiger partial charge in [-0.3, -0.25) is 4.90 Å². The molecule has 1 atom stereocenters. The Hall–Kier alpha value is -2.04. The molecule has 0 spiro atoms. The van der Waals surface area contributed by atoms with Gasteiger partial charge in [0.15, 0.2) is 0 Å². The van der Waals surface area contributed by atoms with E-state index in [1.165, 1.54) is 11.1 Å². The Kier molecular flexibility index (Phi) is 4.84. The molecule has 0 aromatic heterocycles. The Morgan fingerprint density at radius 1 is 1.09 bits per heavy atom. The summed E-state index contributed by atoms with van der Waals surface area (Å²) in [4.78, 5) is 2.31. The van der Waals surface area contributed by atoms with Crippen LogP contribution < -0.4 is 9.47 Å². The molecule has 0 saturated carbocycles. The van der Waals surface area contributed by atoms with Crippen molar-refractivity contribution in [1.82, 2.24) is 4.90 Å². The van der Waals surface area contributed by atoms with E-state index in [4.69, 9.17) is 9.47 Å². The zero-order valence-electron chi connectivity index (χ0n) is 13.7. The zero-order chi connectivity index (χ0) is 16.2. The Bertz CT molecular complexity index is 671.